The van der Waals surface area contributed by atoms with Crippen LogP contribution in [0.15, 0.2) is 48.5 Å². The van der Waals surface area contributed by atoms with E-state index in [1.54, 1.807) is 0 Å². The zero-order valence-electron chi connectivity index (χ0n) is 14.0. The van der Waals surface area contributed by atoms with Crippen LogP contribution in [0.25, 0.3) is 0 Å². The van der Waals surface area contributed by atoms with Crippen LogP contribution in [0.4, 0.5) is 0 Å². The Morgan fingerprint density at radius 1 is 1.25 bits per heavy atom. The van der Waals surface area contributed by atoms with Gasteiger partial charge in [0.2, 0.25) is 5.91 Å². The summed E-state index contributed by atoms with van der Waals surface area (Å²) in [6.45, 7) is 0.911. The first-order valence-electron chi connectivity index (χ1n) is 8.42. The van der Waals surface area contributed by atoms with Crippen molar-refractivity contribution in [2.45, 2.75) is 31.8 Å². The van der Waals surface area contributed by atoms with Gasteiger partial charge >= 0.3 is 0 Å². The Bertz CT molecular complexity index is 716. The van der Waals surface area contributed by atoms with Crippen molar-refractivity contribution in [3.05, 3.63) is 70.2 Å². The van der Waals surface area contributed by atoms with Crippen LogP contribution in [-0.2, 0) is 17.8 Å². The van der Waals surface area contributed by atoms with Crippen LogP contribution in [0.3, 0.4) is 0 Å². The second-order valence-corrected chi connectivity index (χ2v) is 6.87. The van der Waals surface area contributed by atoms with Crippen LogP contribution in [0, 0.1) is 0 Å². The van der Waals surface area contributed by atoms with E-state index in [-0.39, 0.29) is 5.91 Å². The molecule has 3 rings (SSSR count). The smallest absolute Gasteiger partial charge is 0.234 e. The minimum atomic E-state index is 0.0422. The fourth-order valence-corrected chi connectivity index (χ4v) is 3.64. The molecule has 0 saturated carbocycles. The molecule has 0 aromatic heterocycles. The molecule has 1 atom stereocenters. The first kappa shape index (κ1) is 17.0. The van der Waals surface area contributed by atoms with Crippen molar-refractivity contribution >= 4 is 17.5 Å². The zero-order valence-corrected chi connectivity index (χ0v) is 14.7. The number of likely N-dealkylation sites (N-methyl/N-ethyl adjacent to an activating group) is 1. The third kappa shape index (κ3) is 4.16. The molecule has 1 N–H and O–H groups in total. The Labute approximate surface area is 148 Å². The lowest BCUT2D eigenvalue weighted by molar-refractivity contribution is -0.122. The average Bonchev–Trinajstić information content (AvgIpc) is 2.59. The molecule has 0 saturated heterocycles. The molecule has 2 aromatic rings. The van der Waals surface area contributed by atoms with E-state index in [1.165, 1.54) is 17.5 Å². The number of benzene rings is 2. The molecule has 0 spiro atoms. The summed E-state index contributed by atoms with van der Waals surface area (Å²) in [5.74, 6) is 0.0422. The maximum absolute atomic E-state index is 12.3. The Morgan fingerprint density at radius 2 is 2.08 bits per heavy atom. The molecule has 0 heterocycles. The van der Waals surface area contributed by atoms with Gasteiger partial charge in [-0.3, -0.25) is 9.69 Å². The van der Waals surface area contributed by atoms with Gasteiger partial charge in [-0.1, -0.05) is 48.0 Å². The van der Waals surface area contributed by atoms with E-state index in [4.69, 9.17) is 11.6 Å². The summed E-state index contributed by atoms with van der Waals surface area (Å²) < 4.78 is 0. The Balaban J connectivity index is 1.57. The van der Waals surface area contributed by atoms with Gasteiger partial charge in [-0.2, -0.15) is 0 Å². The highest BCUT2D eigenvalue weighted by molar-refractivity contribution is 6.30. The SMILES string of the molecule is CN(CC(=O)NCc1cccc(Cl)c1)[C@@H]1CCCc2ccccc21. The highest BCUT2D eigenvalue weighted by atomic mass is 35.5. The van der Waals surface area contributed by atoms with Crippen LogP contribution in [0.2, 0.25) is 5.02 Å². The van der Waals surface area contributed by atoms with E-state index >= 15 is 0 Å². The van der Waals surface area contributed by atoms with Gasteiger partial charge in [0.25, 0.3) is 0 Å². The summed E-state index contributed by atoms with van der Waals surface area (Å²) in [4.78, 5) is 14.4. The number of nitrogens with zero attached hydrogens (tertiary/aromatic N) is 1. The molecule has 1 aliphatic rings. The van der Waals surface area contributed by atoms with Crippen LogP contribution in [-0.4, -0.2) is 24.4 Å². The van der Waals surface area contributed by atoms with Crippen molar-refractivity contribution in [3.8, 4) is 0 Å². The number of hydrogen-bond donors (Lipinski definition) is 1. The van der Waals surface area contributed by atoms with Crippen LogP contribution in [0.5, 0.6) is 0 Å². The number of amides is 1. The number of rotatable bonds is 5. The standard InChI is InChI=1S/C20H23ClN2O/c1-23(19-11-5-8-16-7-2-3-10-18(16)19)14-20(24)22-13-15-6-4-9-17(21)12-15/h2-4,6-7,9-10,12,19H,5,8,11,13-14H2,1H3,(H,22,24)/t19-/m1/s1. The lowest BCUT2D eigenvalue weighted by Gasteiger charge is -2.32. The van der Waals surface area contributed by atoms with Gasteiger partial charge in [-0.05, 0) is 55.1 Å². The summed E-state index contributed by atoms with van der Waals surface area (Å²) in [5.41, 5.74) is 3.80. The van der Waals surface area contributed by atoms with Crippen molar-refractivity contribution in [3.63, 3.8) is 0 Å². The molecule has 0 bridgehead atoms. The van der Waals surface area contributed by atoms with Gasteiger partial charge in [-0.25, -0.2) is 0 Å². The van der Waals surface area contributed by atoms with E-state index in [1.807, 2.05) is 31.3 Å². The number of carbonyl (C=O) groups is 1. The van der Waals surface area contributed by atoms with Gasteiger partial charge in [0.1, 0.15) is 0 Å². The van der Waals surface area contributed by atoms with E-state index < -0.39 is 0 Å². The predicted molar refractivity (Wildman–Crippen MR) is 98.0 cm³/mol. The molecule has 24 heavy (non-hydrogen) atoms. The molecule has 1 amide bonds. The van der Waals surface area contributed by atoms with E-state index in [0.717, 1.165) is 18.4 Å². The predicted octanol–water partition coefficient (Wildman–Crippen LogP) is 3.97. The van der Waals surface area contributed by atoms with Gasteiger partial charge < -0.3 is 5.32 Å². The zero-order chi connectivity index (χ0) is 16.9. The molecule has 3 nitrogen and oxygen atoms in total. The fraction of sp³-hybridized carbons (Fsp3) is 0.350. The summed E-state index contributed by atoms with van der Waals surface area (Å²) in [7, 11) is 2.03. The van der Waals surface area contributed by atoms with E-state index in [0.29, 0.717) is 24.2 Å². The van der Waals surface area contributed by atoms with Gasteiger partial charge in [-0.15, -0.1) is 0 Å². The van der Waals surface area contributed by atoms with Crippen molar-refractivity contribution in [1.82, 2.24) is 10.2 Å². The molecular formula is C20H23ClN2O. The fourth-order valence-electron chi connectivity index (χ4n) is 3.43. The number of carbonyl (C=O) groups excluding carboxylic acids is 1. The topological polar surface area (TPSA) is 32.3 Å². The summed E-state index contributed by atoms with van der Waals surface area (Å²) in [5, 5.41) is 3.67. The largest absolute Gasteiger partial charge is 0.351 e. The summed E-state index contributed by atoms with van der Waals surface area (Å²) >= 11 is 5.97. The summed E-state index contributed by atoms with van der Waals surface area (Å²) in [6, 6.07) is 16.5. The van der Waals surface area contributed by atoms with Crippen LogP contribution in [0.1, 0.15) is 35.6 Å². The maximum Gasteiger partial charge on any atom is 0.234 e. The number of aryl methyl sites for hydroxylation is 1. The van der Waals surface area contributed by atoms with Crippen LogP contribution < -0.4 is 5.32 Å². The second-order valence-electron chi connectivity index (χ2n) is 6.43. The van der Waals surface area contributed by atoms with Crippen molar-refractivity contribution in [1.29, 1.82) is 0 Å². The van der Waals surface area contributed by atoms with Gasteiger partial charge in [0.05, 0.1) is 6.54 Å². The van der Waals surface area contributed by atoms with Crippen LogP contribution >= 0.6 is 11.6 Å². The van der Waals surface area contributed by atoms with E-state index in [2.05, 4.69) is 34.5 Å². The second kappa shape index (κ2) is 7.82. The molecule has 0 unspecified atom stereocenters. The van der Waals surface area contributed by atoms with Gasteiger partial charge in [0, 0.05) is 17.6 Å². The normalized spacial score (nSPS) is 16.7. The minimum absolute atomic E-state index is 0.0422. The lowest BCUT2D eigenvalue weighted by atomic mass is 9.87. The number of hydrogen-bond acceptors (Lipinski definition) is 2. The van der Waals surface area contributed by atoms with Crippen molar-refractivity contribution in [2.24, 2.45) is 0 Å². The van der Waals surface area contributed by atoms with Crippen molar-refractivity contribution < 1.29 is 4.79 Å². The quantitative estimate of drug-likeness (QED) is 0.891. The minimum Gasteiger partial charge on any atom is -0.351 e. The molecule has 0 aliphatic heterocycles. The molecule has 4 heteroatoms. The number of nitrogens with one attached hydrogen (secondary N) is 1. The first-order valence-corrected chi connectivity index (χ1v) is 8.80. The molecule has 2 aromatic carbocycles. The molecule has 0 radical (unpaired) electrons. The number of halogens is 1. The Morgan fingerprint density at radius 3 is 2.92 bits per heavy atom. The first-order chi connectivity index (χ1) is 11.6. The summed E-state index contributed by atoms with van der Waals surface area (Å²) in [6.07, 6.45) is 3.42. The highest BCUT2D eigenvalue weighted by Crippen LogP contribution is 2.33. The Kier molecular flexibility index (Phi) is 5.54. The Hall–Kier alpha value is -1.84. The van der Waals surface area contributed by atoms with Gasteiger partial charge in [0.15, 0.2) is 0 Å². The lowest BCUT2D eigenvalue weighted by Crippen LogP contribution is -2.37. The average molecular weight is 343 g/mol. The highest BCUT2D eigenvalue weighted by Gasteiger charge is 2.24. The third-order valence-electron chi connectivity index (χ3n) is 4.64. The maximum atomic E-state index is 12.3. The third-order valence-corrected chi connectivity index (χ3v) is 4.88. The monoisotopic (exact) mass is 342 g/mol. The van der Waals surface area contributed by atoms with E-state index in [9.17, 15) is 4.79 Å². The molecule has 0 fully saturated rings. The molecular weight excluding hydrogens is 320 g/mol. The van der Waals surface area contributed by atoms with Crippen molar-refractivity contribution in [2.75, 3.05) is 13.6 Å². The number of fused-ring (bicyclic) bond motifs is 1. The molecule has 1 aliphatic carbocycles. The molecule has 126 valence electrons.